The smallest absolute Gasteiger partial charge is 0.341 e. The lowest BCUT2D eigenvalue weighted by Gasteiger charge is -2.08. The zero-order valence-corrected chi connectivity index (χ0v) is 13.3. The predicted molar refractivity (Wildman–Crippen MR) is 84.9 cm³/mol. The number of rotatable bonds is 6. The van der Waals surface area contributed by atoms with Gasteiger partial charge >= 0.3 is 5.97 Å². The normalized spacial score (nSPS) is 10.1. The van der Waals surface area contributed by atoms with Crippen LogP contribution in [-0.2, 0) is 9.53 Å². The molecule has 0 saturated carbocycles. The Hall–Kier alpha value is -3.56. The Morgan fingerprint density at radius 3 is 2.54 bits per heavy atom. The van der Waals surface area contributed by atoms with Gasteiger partial charge < -0.3 is 14.8 Å². The molecule has 26 heavy (non-hydrogen) atoms. The highest BCUT2D eigenvalue weighted by atomic mass is 19.1. The fourth-order valence-corrected chi connectivity index (χ4v) is 1.95. The van der Waals surface area contributed by atoms with Crippen LogP contribution in [0, 0.1) is 21.7 Å². The van der Waals surface area contributed by atoms with Crippen LogP contribution in [0.5, 0.6) is 5.75 Å². The van der Waals surface area contributed by atoms with E-state index in [4.69, 9.17) is 4.74 Å². The molecule has 0 bridgehead atoms. The van der Waals surface area contributed by atoms with Crippen molar-refractivity contribution < 1.29 is 32.8 Å². The summed E-state index contributed by atoms with van der Waals surface area (Å²) in [5.41, 5.74) is -1.10. The van der Waals surface area contributed by atoms with Crippen molar-refractivity contribution in [2.24, 2.45) is 0 Å². The molecule has 1 amide bonds. The first-order valence-corrected chi connectivity index (χ1v) is 7.06. The van der Waals surface area contributed by atoms with Crippen LogP contribution in [-0.4, -0.2) is 30.5 Å². The van der Waals surface area contributed by atoms with Crippen LogP contribution in [0.2, 0.25) is 0 Å². The molecule has 2 rings (SSSR count). The maximum absolute atomic E-state index is 13.5. The van der Waals surface area contributed by atoms with Crippen molar-refractivity contribution in [2.45, 2.75) is 0 Å². The quantitative estimate of drug-likeness (QED) is 0.478. The van der Waals surface area contributed by atoms with E-state index >= 15 is 0 Å². The maximum atomic E-state index is 13.5. The molecule has 0 aliphatic heterocycles. The van der Waals surface area contributed by atoms with Crippen LogP contribution in [0.3, 0.4) is 0 Å². The number of benzene rings is 2. The standard InChI is InChI=1S/C16H12F2N2O6/c1-25-10-3-5-13(14(7-10)20(23)24)19-15(21)8-26-16(22)11-4-2-9(17)6-12(11)18/h2-7H,8H2,1H3,(H,19,21). The van der Waals surface area contributed by atoms with Crippen LogP contribution in [0.25, 0.3) is 0 Å². The van der Waals surface area contributed by atoms with E-state index in [1.165, 1.54) is 19.2 Å². The Labute approximate surface area is 145 Å². The fraction of sp³-hybridized carbons (Fsp3) is 0.125. The highest BCUT2D eigenvalue weighted by Gasteiger charge is 2.19. The first-order chi connectivity index (χ1) is 12.3. The van der Waals surface area contributed by atoms with Gasteiger partial charge in [-0.2, -0.15) is 0 Å². The predicted octanol–water partition coefficient (Wildman–Crippen LogP) is 2.68. The molecular weight excluding hydrogens is 354 g/mol. The average Bonchev–Trinajstić information content (AvgIpc) is 2.59. The van der Waals surface area contributed by atoms with Crippen molar-refractivity contribution in [2.75, 3.05) is 19.0 Å². The Morgan fingerprint density at radius 1 is 1.19 bits per heavy atom. The third kappa shape index (κ3) is 4.50. The molecule has 8 nitrogen and oxygen atoms in total. The van der Waals surface area contributed by atoms with E-state index < -0.39 is 46.3 Å². The van der Waals surface area contributed by atoms with Gasteiger partial charge in [-0.15, -0.1) is 0 Å². The number of amides is 1. The Bertz CT molecular complexity index is 872. The molecule has 0 atom stereocenters. The van der Waals surface area contributed by atoms with Gasteiger partial charge in [-0.3, -0.25) is 14.9 Å². The van der Waals surface area contributed by atoms with Crippen molar-refractivity contribution in [3.8, 4) is 5.75 Å². The Kier molecular flexibility index (Phi) is 5.78. The summed E-state index contributed by atoms with van der Waals surface area (Å²) in [6.45, 7) is -0.821. The summed E-state index contributed by atoms with van der Waals surface area (Å²) in [6.07, 6.45) is 0. The topological polar surface area (TPSA) is 108 Å². The molecule has 0 aromatic heterocycles. The van der Waals surface area contributed by atoms with Crippen molar-refractivity contribution in [1.29, 1.82) is 0 Å². The van der Waals surface area contributed by atoms with Crippen molar-refractivity contribution in [3.05, 3.63) is 63.7 Å². The summed E-state index contributed by atoms with van der Waals surface area (Å²) in [5, 5.41) is 13.2. The third-order valence-electron chi connectivity index (χ3n) is 3.16. The highest BCUT2D eigenvalue weighted by Crippen LogP contribution is 2.28. The molecule has 0 radical (unpaired) electrons. The number of hydrogen-bond acceptors (Lipinski definition) is 6. The van der Waals surface area contributed by atoms with E-state index in [0.717, 1.165) is 18.2 Å². The van der Waals surface area contributed by atoms with Gasteiger partial charge in [-0.1, -0.05) is 0 Å². The molecule has 2 aromatic carbocycles. The van der Waals surface area contributed by atoms with Gasteiger partial charge in [-0.25, -0.2) is 13.6 Å². The largest absolute Gasteiger partial charge is 0.496 e. The highest BCUT2D eigenvalue weighted by molar-refractivity contribution is 5.97. The number of nitro groups is 1. The number of anilines is 1. The zero-order valence-electron chi connectivity index (χ0n) is 13.3. The number of methoxy groups -OCH3 is 1. The number of nitrogens with zero attached hydrogens (tertiary/aromatic N) is 1. The number of halogens is 2. The van der Waals surface area contributed by atoms with Crippen LogP contribution in [0.4, 0.5) is 20.2 Å². The lowest BCUT2D eigenvalue weighted by molar-refractivity contribution is -0.384. The van der Waals surface area contributed by atoms with E-state index in [9.17, 15) is 28.5 Å². The first-order valence-electron chi connectivity index (χ1n) is 7.06. The molecule has 0 fully saturated rings. The summed E-state index contributed by atoms with van der Waals surface area (Å²) in [7, 11) is 1.32. The number of nitro benzene ring substituents is 1. The van der Waals surface area contributed by atoms with E-state index in [1.54, 1.807) is 0 Å². The minimum atomic E-state index is -1.18. The number of esters is 1. The van der Waals surface area contributed by atoms with E-state index in [2.05, 4.69) is 10.1 Å². The lowest BCUT2D eigenvalue weighted by Crippen LogP contribution is -2.21. The second kappa shape index (κ2) is 8.01. The fourth-order valence-electron chi connectivity index (χ4n) is 1.95. The summed E-state index contributed by atoms with van der Waals surface area (Å²) >= 11 is 0. The van der Waals surface area contributed by atoms with Gasteiger partial charge in [0.2, 0.25) is 0 Å². The number of ether oxygens (including phenoxy) is 2. The van der Waals surface area contributed by atoms with Crippen molar-refractivity contribution in [1.82, 2.24) is 0 Å². The molecule has 0 aliphatic carbocycles. The van der Waals surface area contributed by atoms with Crippen LogP contribution in [0.1, 0.15) is 10.4 Å². The van der Waals surface area contributed by atoms with E-state index in [0.29, 0.717) is 6.07 Å². The molecule has 2 aromatic rings. The summed E-state index contributed by atoms with van der Waals surface area (Å²) in [5.74, 6) is -3.85. The molecule has 0 heterocycles. The number of carbonyl (C=O) groups is 2. The molecule has 0 saturated heterocycles. The first kappa shape index (κ1) is 18.8. The number of carbonyl (C=O) groups excluding carboxylic acids is 2. The summed E-state index contributed by atoms with van der Waals surface area (Å²) < 4.78 is 35.7. The molecule has 1 N–H and O–H groups in total. The van der Waals surface area contributed by atoms with Crippen LogP contribution >= 0.6 is 0 Å². The van der Waals surface area contributed by atoms with Gasteiger partial charge in [0.1, 0.15) is 23.1 Å². The summed E-state index contributed by atoms with van der Waals surface area (Å²) in [6, 6.07) is 5.98. The van der Waals surface area contributed by atoms with E-state index in [-0.39, 0.29) is 11.4 Å². The molecule has 0 spiro atoms. The maximum Gasteiger partial charge on any atom is 0.341 e. The van der Waals surface area contributed by atoms with Gasteiger partial charge in [0.25, 0.3) is 11.6 Å². The van der Waals surface area contributed by atoms with Crippen molar-refractivity contribution in [3.63, 3.8) is 0 Å². The van der Waals surface area contributed by atoms with Gasteiger partial charge in [0.15, 0.2) is 6.61 Å². The zero-order chi connectivity index (χ0) is 19.3. The minimum Gasteiger partial charge on any atom is -0.496 e. The summed E-state index contributed by atoms with van der Waals surface area (Å²) in [4.78, 5) is 33.8. The third-order valence-corrected chi connectivity index (χ3v) is 3.16. The second-order valence-corrected chi connectivity index (χ2v) is 4.89. The van der Waals surface area contributed by atoms with Gasteiger partial charge in [0.05, 0.1) is 23.7 Å². The van der Waals surface area contributed by atoms with E-state index in [1.807, 2.05) is 0 Å². The Morgan fingerprint density at radius 2 is 1.92 bits per heavy atom. The monoisotopic (exact) mass is 366 g/mol. The molecular formula is C16H12F2N2O6. The van der Waals surface area contributed by atoms with Gasteiger partial charge in [-0.05, 0) is 24.3 Å². The van der Waals surface area contributed by atoms with Crippen LogP contribution < -0.4 is 10.1 Å². The number of hydrogen-bond donors (Lipinski definition) is 1. The number of nitrogens with one attached hydrogen (secondary N) is 1. The lowest BCUT2D eigenvalue weighted by atomic mass is 10.2. The Balaban J connectivity index is 2.03. The molecule has 136 valence electrons. The second-order valence-electron chi connectivity index (χ2n) is 4.89. The minimum absolute atomic E-state index is 0.134. The molecule has 0 unspecified atom stereocenters. The molecule has 10 heteroatoms. The average molecular weight is 366 g/mol. The van der Waals surface area contributed by atoms with Crippen molar-refractivity contribution >= 4 is 23.3 Å². The van der Waals surface area contributed by atoms with Gasteiger partial charge in [0, 0.05) is 6.07 Å². The van der Waals surface area contributed by atoms with Crippen LogP contribution in [0.15, 0.2) is 36.4 Å². The SMILES string of the molecule is COc1ccc(NC(=O)COC(=O)c2ccc(F)cc2F)c([N+](=O)[O-])c1. The molecule has 0 aliphatic rings.